The molecule has 0 saturated carbocycles. The van der Waals surface area contributed by atoms with E-state index in [0.717, 1.165) is 12.0 Å². The molecular formula is C13H13N5O2. The van der Waals surface area contributed by atoms with E-state index in [1.807, 2.05) is 24.3 Å². The van der Waals surface area contributed by atoms with E-state index in [1.165, 1.54) is 5.56 Å². The molecule has 2 aromatic rings. The largest absolute Gasteiger partial charge is 0.477 e. The van der Waals surface area contributed by atoms with Gasteiger partial charge in [-0.3, -0.25) is 0 Å². The molecule has 2 heterocycles. The zero-order valence-electron chi connectivity index (χ0n) is 10.8. The number of aliphatic carboxylic acids is 1. The highest BCUT2D eigenvalue weighted by Gasteiger charge is 2.26. The maximum atomic E-state index is 11.2. The van der Waals surface area contributed by atoms with Crippen LogP contribution in [0.5, 0.6) is 0 Å². The molecule has 0 amide bonds. The van der Waals surface area contributed by atoms with Crippen molar-refractivity contribution in [1.82, 2.24) is 20.2 Å². The predicted octanol–water partition coefficient (Wildman–Crippen LogP) is 1.22. The molecule has 1 aromatic heterocycles. The second-order valence-corrected chi connectivity index (χ2v) is 4.50. The zero-order chi connectivity index (χ0) is 14.1. The Labute approximate surface area is 114 Å². The molecule has 1 atom stereocenters. The van der Waals surface area contributed by atoms with E-state index < -0.39 is 5.97 Å². The van der Waals surface area contributed by atoms with Gasteiger partial charge < -0.3 is 10.4 Å². The van der Waals surface area contributed by atoms with E-state index in [-0.39, 0.29) is 11.7 Å². The normalized spacial score (nSPS) is 17.1. The van der Waals surface area contributed by atoms with Crippen LogP contribution in [0.1, 0.15) is 24.1 Å². The first-order valence-corrected chi connectivity index (χ1v) is 6.28. The van der Waals surface area contributed by atoms with Crippen molar-refractivity contribution in [1.29, 1.82) is 0 Å². The molecule has 7 nitrogen and oxygen atoms in total. The summed E-state index contributed by atoms with van der Waals surface area (Å²) in [6.45, 7) is 2.08. The Morgan fingerprint density at radius 3 is 2.80 bits per heavy atom. The third kappa shape index (κ3) is 2.03. The Morgan fingerprint density at radius 2 is 2.15 bits per heavy atom. The van der Waals surface area contributed by atoms with Crippen LogP contribution in [0.3, 0.4) is 0 Å². The second kappa shape index (κ2) is 4.76. The van der Waals surface area contributed by atoms with Crippen molar-refractivity contribution in [3.63, 3.8) is 0 Å². The molecule has 0 saturated heterocycles. The minimum atomic E-state index is -1.03. The van der Waals surface area contributed by atoms with Crippen molar-refractivity contribution in [3.05, 3.63) is 47.2 Å². The number of fused-ring (bicyclic) bond motifs is 1. The van der Waals surface area contributed by atoms with E-state index in [4.69, 9.17) is 5.11 Å². The number of rotatable bonds is 3. The molecule has 0 unspecified atom stereocenters. The Morgan fingerprint density at radius 1 is 1.40 bits per heavy atom. The highest BCUT2D eigenvalue weighted by Crippen LogP contribution is 2.27. The van der Waals surface area contributed by atoms with Crippen LogP contribution in [-0.4, -0.2) is 31.3 Å². The number of carbonyl (C=O) groups is 1. The number of nitrogens with zero attached hydrogens (tertiary/aromatic N) is 4. The summed E-state index contributed by atoms with van der Waals surface area (Å²) >= 11 is 0. The Kier molecular flexibility index (Phi) is 2.94. The summed E-state index contributed by atoms with van der Waals surface area (Å²) in [4.78, 5) is 11.2. The van der Waals surface area contributed by atoms with Crippen LogP contribution >= 0.6 is 0 Å². The van der Waals surface area contributed by atoms with E-state index in [1.54, 1.807) is 10.8 Å². The number of aryl methyl sites for hydroxylation is 1. The molecule has 3 rings (SSSR count). The highest BCUT2D eigenvalue weighted by atomic mass is 16.4. The average Bonchev–Trinajstić information content (AvgIpc) is 2.94. The topological polar surface area (TPSA) is 92.9 Å². The molecule has 0 aliphatic carbocycles. The molecule has 1 aliphatic heterocycles. The number of anilines is 1. The molecule has 20 heavy (non-hydrogen) atoms. The van der Waals surface area contributed by atoms with E-state index in [9.17, 15) is 4.79 Å². The highest BCUT2D eigenvalue weighted by molar-refractivity contribution is 5.90. The van der Waals surface area contributed by atoms with E-state index >= 15 is 0 Å². The maximum absolute atomic E-state index is 11.2. The number of hydrogen-bond acceptors (Lipinski definition) is 5. The lowest BCUT2D eigenvalue weighted by atomic mass is 10.0. The number of tetrazole rings is 1. The monoisotopic (exact) mass is 271 g/mol. The number of carboxylic acids is 1. The third-order valence-corrected chi connectivity index (χ3v) is 3.29. The lowest BCUT2D eigenvalue weighted by molar-refractivity contribution is -0.132. The number of nitrogens with one attached hydrogen (secondary N) is 1. The summed E-state index contributed by atoms with van der Waals surface area (Å²) in [5.74, 6) is -0.705. The van der Waals surface area contributed by atoms with Gasteiger partial charge in [0.25, 0.3) is 0 Å². The van der Waals surface area contributed by atoms with Gasteiger partial charge in [-0.25, -0.2) is 4.79 Å². The van der Waals surface area contributed by atoms with Crippen LogP contribution in [0.2, 0.25) is 0 Å². The molecule has 7 heteroatoms. The van der Waals surface area contributed by atoms with Crippen molar-refractivity contribution in [3.8, 4) is 0 Å². The summed E-state index contributed by atoms with van der Waals surface area (Å²) in [6.07, 6.45) is 2.56. The van der Waals surface area contributed by atoms with Gasteiger partial charge in [0, 0.05) is 0 Å². The quantitative estimate of drug-likeness (QED) is 0.871. The zero-order valence-corrected chi connectivity index (χ0v) is 10.8. The predicted molar refractivity (Wildman–Crippen MR) is 71.1 cm³/mol. The number of allylic oxidation sites excluding steroid dienone is 1. The molecule has 0 spiro atoms. The first-order valence-electron chi connectivity index (χ1n) is 6.28. The minimum Gasteiger partial charge on any atom is -0.477 e. The molecule has 2 N–H and O–H groups in total. The fourth-order valence-corrected chi connectivity index (χ4v) is 2.17. The minimum absolute atomic E-state index is 0.0804. The van der Waals surface area contributed by atoms with Crippen molar-refractivity contribution < 1.29 is 9.90 Å². The molecular weight excluding hydrogens is 258 g/mol. The van der Waals surface area contributed by atoms with Crippen LogP contribution < -0.4 is 5.32 Å². The molecule has 0 fully saturated rings. The lowest BCUT2D eigenvalue weighted by Gasteiger charge is -2.21. The van der Waals surface area contributed by atoms with Gasteiger partial charge in [0.15, 0.2) is 0 Å². The van der Waals surface area contributed by atoms with Gasteiger partial charge in [-0.05, 0) is 34.1 Å². The summed E-state index contributed by atoms with van der Waals surface area (Å²) < 4.78 is 1.56. The van der Waals surface area contributed by atoms with Gasteiger partial charge in [0.1, 0.15) is 11.7 Å². The standard InChI is InChI=1S/C13H13N5O2/c1-2-8-3-5-9(6-4-8)11-7-10(12(19)20)14-13-15-16-17-18(11)13/h3-7,11H,2H2,1H3,(H,19,20)(H,14,15,17)/t11-/m0/s1. The summed E-state index contributed by atoms with van der Waals surface area (Å²) in [7, 11) is 0. The fourth-order valence-electron chi connectivity index (χ4n) is 2.17. The lowest BCUT2D eigenvalue weighted by Crippen LogP contribution is -2.24. The van der Waals surface area contributed by atoms with Gasteiger partial charge in [-0.1, -0.05) is 36.3 Å². The van der Waals surface area contributed by atoms with Crippen molar-refractivity contribution in [2.75, 3.05) is 5.32 Å². The first-order chi connectivity index (χ1) is 9.69. The third-order valence-electron chi connectivity index (χ3n) is 3.29. The smallest absolute Gasteiger partial charge is 0.352 e. The Balaban J connectivity index is 2.04. The van der Waals surface area contributed by atoms with E-state index in [2.05, 4.69) is 27.8 Å². The van der Waals surface area contributed by atoms with Crippen molar-refractivity contribution >= 4 is 11.9 Å². The van der Waals surface area contributed by atoms with Gasteiger partial charge in [-0.15, -0.1) is 0 Å². The first kappa shape index (κ1) is 12.3. The Hall–Kier alpha value is -2.70. The number of hydrogen-bond donors (Lipinski definition) is 2. The van der Waals surface area contributed by atoms with Gasteiger partial charge in [-0.2, -0.15) is 4.68 Å². The van der Waals surface area contributed by atoms with Crippen LogP contribution in [0, 0.1) is 0 Å². The van der Waals surface area contributed by atoms with Crippen LogP contribution in [0.25, 0.3) is 0 Å². The van der Waals surface area contributed by atoms with Crippen LogP contribution in [0.15, 0.2) is 36.0 Å². The summed E-state index contributed by atoms with van der Waals surface area (Å²) in [5, 5.41) is 23.1. The maximum Gasteiger partial charge on any atom is 0.352 e. The van der Waals surface area contributed by atoms with Crippen molar-refractivity contribution in [2.45, 2.75) is 19.4 Å². The van der Waals surface area contributed by atoms with Gasteiger partial charge >= 0.3 is 5.97 Å². The van der Waals surface area contributed by atoms with Crippen LogP contribution in [0.4, 0.5) is 5.95 Å². The summed E-state index contributed by atoms with van der Waals surface area (Å²) in [6, 6.07) is 7.66. The number of aromatic nitrogens is 4. The Bertz CT molecular complexity index is 674. The second-order valence-electron chi connectivity index (χ2n) is 4.50. The van der Waals surface area contributed by atoms with E-state index in [0.29, 0.717) is 5.95 Å². The molecule has 0 radical (unpaired) electrons. The van der Waals surface area contributed by atoms with Gasteiger partial charge in [0.2, 0.25) is 5.95 Å². The molecule has 102 valence electrons. The summed E-state index contributed by atoms with van der Waals surface area (Å²) in [5.41, 5.74) is 2.25. The van der Waals surface area contributed by atoms with Gasteiger partial charge in [0.05, 0.1) is 0 Å². The molecule has 1 aromatic carbocycles. The average molecular weight is 271 g/mol. The van der Waals surface area contributed by atoms with Crippen molar-refractivity contribution in [2.24, 2.45) is 0 Å². The molecule has 0 bridgehead atoms. The number of benzene rings is 1. The number of carboxylic acid groups (broad SMARTS) is 1. The van der Waals surface area contributed by atoms with Crippen LogP contribution in [-0.2, 0) is 11.2 Å². The SMILES string of the molecule is CCc1ccc([C@@H]2C=C(C(=O)O)Nc3nnnn32)cc1. The fraction of sp³-hybridized carbons (Fsp3) is 0.231. The molecule has 1 aliphatic rings.